The number of amides is 1. The van der Waals surface area contributed by atoms with Gasteiger partial charge in [0.25, 0.3) is 15.9 Å². The Hall–Kier alpha value is -3.39. The van der Waals surface area contributed by atoms with E-state index in [-0.39, 0.29) is 10.8 Å². The summed E-state index contributed by atoms with van der Waals surface area (Å²) < 4.78 is 32.6. The van der Waals surface area contributed by atoms with Crippen LogP contribution in [-0.2, 0) is 10.0 Å². The molecule has 0 fully saturated rings. The molecule has 3 aromatic rings. The van der Waals surface area contributed by atoms with Gasteiger partial charge in [-0.25, -0.2) is 8.42 Å². The first-order valence-electron chi connectivity index (χ1n) is 7.96. The largest absolute Gasteiger partial charge is 0.497 e. The maximum absolute atomic E-state index is 12.5. The van der Waals surface area contributed by atoms with Crippen LogP contribution in [0.5, 0.6) is 5.75 Å². The number of benzene rings is 2. The van der Waals surface area contributed by atoms with Crippen LogP contribution in [0, 0.1) is 0 Å². The third-order valence-electron chi connectivity index (χ3n) is 3.69. The van der Waals surface area contributed by atoms with Gasteiger partial charge in [0.2, 0.25) is 0 Å². The molecule has 0 unspecified atom stereocenters. The summed E-state index contributed by atoms with van der Waals surface area (Å²) in [5, 5.41) is 2.70. The number of carbonyl (C=O) groups is 1. The summed E-state index contributed by atoms with van der Waals surface area (Å²) in [5.74, 6) is 0.242. The van der Waals surface area contributed by atoms with Crippen molar-refractivity contribution in [2.24, 2.45) is 0 Å². The number of carbonyl (C=O) groups excluding carboxylic acids is 1. The van der Waals surface area contributed by atoms with Crippen molar-refractivity contribution in [3.63, 3.8) is 0 Å². The molecule has 7 nitrogen and oxygen atoms in total. The Bertz CT molecular complexity index is 1040. The molecular weight excluding hydrogens is 366 g/mol. The maximum atomic E-state index is 12.5. The molecule has 138 valence electrons. The van der Waals surface area contributed by atoms with Gasteiger partial charge >= 0.3 is 0 Å². The van der Waals surface area contributed by atoms with Crippen molar-refractivity contribution in [3.8, 4) is 5.75 Å². The molecule has 0 aliphatic heterocycles. The molecule has 2 N–H and O–H groups in total. The topological polar surface area (TPSA) is 97.4 Å². The summed E-state index contributed by atoms with van der Waals surface area (Å²) >= 11 is 0. The molecule has 1 amide bonds. The number of hydrogen-bond acceptors (Lipinski definition) is 5. The molecule has 0 saturated heterocycles. The van der Waals surface area contributed by atoms with E-state index in [4.69, 9.17) is 4.74 Å². The molecule has 0 bridgehead atoms. The molecule has 0 saturated carbocycles. The van der Waals surface area contributed by atoms with Gasteiger partial charge in [-0.15, -0.1) is 0 Å². The summed E-state index contributed by atoms with van der Waals surface area (Å²) in [5.41, 5.74) is 1.34. The lowest BCUT2D eigenvalue weighted by Crippen LogP contribution is -2.14. The highest BCUT2D eigenvalue weighted by atomic mass is 32.2. The van der Waals surface area contributed by atoms with Crippen molar-refractivity contribution in [2.45, 2.75) is 4.90 Å². The second kappa shape index (κ2) is 7.88. The SMILES string of the molecule is COc1cccc(NS(=O)(=O)c2ccc(NC(=O)c3ccncc3)cc2)c1. The van der Waals surface area contributed by atoms with Crippen molar-refractivity contribution >= 4 is 27.3 Å². The maximum Gasteiger partial charge on any atom is 0.261 e. The fourth-order valence-electron chi connectivity index (χ4n) is 2.32. The average molecular weight is 383 g/mol. The second-order valence-electron chi connectivity index (χ2n) is 5.55. The highest BCUT2D eigenvalue weighted by Gasteiger charge is 2.15. The Balaban J connectivity index is 1.73. The number of aromatic nitrogens is 1. The number of nitrogens with one attached hydrogen (secondary N) is 2. The zero-order chi connectivity index (χ0) is 19.3. The van der Waals surface area contributed by atoms with Gasteiger partial charge < -0.3 is 10.1 Å². The Morgan fingerprint density at radius 2 is 1.67 bits per heavy atom. The van der Waals surface area contributed by atoms with E-state index in [0.717, 1.165) is 0 Å². The fraction of sp³-hybridized carbons (Fsp3) is 0.0526. The van der Waals surface area contributed by atoms with Crippen LogP contribution in [0.4, 0.5) is 11.4 Å². The first-order valence-corrected chi connectivity index (χ1v) is 9.44. The molecule has 0 aliphatic rings. The van der Waals surface area contributed by atoms with Crippen molar-refractivity contribution in [1.29, 1.82) is 0 Å². The predicted molar refractivity (Wildman–Crippen MR) is 102 cm³/mol. The Labute approximate surface area is 157 Å². The van der Waals surface area contributed by atoms with E-state index in [2.05, 4.69) is 15.0 Å². The molecule has 1 heterocycles. The van der Waals surface area contributed by atoms with Crippen molar-refractivity contribution in [2.75, 3.05) is 17.1 Å². The lowest BCUT2D eigenvalue weighted by atomic mass is 10.2. The van der Waals surface area contributed by atoms with Gasteiger partial charge in [-0.3, -0.25) is 14.5 Å². The van der Waals surface area contributed by atoms with Crippen LogP contribution in [0.25, 0.3) is 0 Å². The molecular formula is C19H17N3O4S. The summed E-state index contributed by atoms with van der Waals surface area (Å²) in [6.07, 6.45) is 3.05. The third-order valence-corrected chi connectivity index (χ3v) is 5.08. The van der Waals surface area contributed by atoms with Crippen molar-refractivity contribution in [1.82, 2.24) is 4.98 Å². The predicted octanol–water partition coefficient (Wildman–Crippen LogP) is 3.14. The van der Waals surface area contributed by atoms with Crippen molar-refractivity contribution in [3.05, 3.63) is 78.6 Å². The number of ether oxygens (including phenoxy) is 1. The van der Waals surface area contributed by atoms with Gasteiger partial charge in [0.05, 0.1) is 17.7 Å². The molecule has 8 heteroatoms. The van der Waals surface area contributed by atoms with Crippen LogP contribution < -0.4 is 14.8 Å². The van der Waals surface area contributed by atoms with Crippen LogP contribution in [0.15, 0.2) is 78.0 Å². The fourth-order valence-corrected chi connectivity index (χ4v) is 3.37. The van der Waals surface area contributed by atoms with E-state index in [1.165, 1.54) is 43.8 Å². The summed E-state index contributed by atoms with van der Waals surface area (Å²) in [4.78, 5) is 16.0. The normalized spacial score (nSPS) is 10.9. The zero-order valence-electron chi connectivity index (χ0n) is 14.4. The van der Waals surface area contributed by atoms with Crippen LogP contribution in [-0.4, -0.2) is 26.4 Å². The zero-order valence-corrected chi connectivity index (χ0v) is 15.2. The Kier molecular flexibility index (Phi) is 5.37. The highest BCUT2D eigenvalue weighted by Crippen LogP contribution is 2.21. The lowest BCUT2D eigenvalue weighted by Gasteiger charge is -2.10. The number of rotatable bonds is 6. The van der Waals surface area contributed by atoms with Crippen molar-refractivity contribution < 1.29 is 17.9 Å². The third kappa shape index (κ3) is 4.62. The lowest BCUT2D eigenvalue weighted by molar-refractivity contribution is 0.102. The van der Waals surface area contributed by atoms with Crippen LogP contribution in [0.3, 0.4) is 0 Å². The van der Waals surface area contributed by atoms with Gasteiger partial charge in [-0.2, -0.15) is 0 Å². The number of anilines is 2. The first-order chi connectivity index (χ1) is 13.0. The summed E-state index contributed by atoms with van der Waals surface area (Å²) in [7, 11) is -2.26. The molecule has 0 spiro atoms. The van der Waals surface area contributed by atoms with E-state index >= 15 is 0 Å². The van der Waals surface area contributed by atoms with Crippen LogP contribution in [0.2, 0.25) is 0 Å². The monoisotopic (exact) mass is 383 g/mol. The number of sulfonamides is 1. The quantitative estimate of drug-likeness (QED) is 0.681. The molecule has 1 aromatic heterocycles. The molecule has 3 rings (SSSR count). The van der Waals surface area contributed by atoms with E-state index in [9.17, 15) is 13.2 Å². The minimum atomic E-state index is -3.76. The molecule has 27 heavy (non-hydrogen) atoms. The highest BCUT2D eigenvalue weighted by molar-refractivity contribution is 7.92. The standard InChI is InChI=1S/C19H17N3O4S/c1-26-17-4-2-3-16(13-17)22-27(24,25)18-7-5-15(6-8-18)21-19(23)14-9-11-20-12-10-14/h2-13,22H,1H3,(H,21,23). The molecule has 0 aliphatic carbocycles. The summed E-state index contributed by atoms with van der Waals surface area (Å²) in [6.45, 7) is 0. The second-order valence-corrected chi connectivity index (χ2v) is 7.23. The molecule has 2 aromatic carbocycles. The summed E-state index contributed by atoms with van der Waals surface area (Å²) in [6, 6.07) is 15.7. The van der Waals surface area contributed by atoms with E-state index in [0.29, 0.717) is 22.7 Å². The average Bonchev–Trinajstić information content (AvgIpc) is 2.69. The number of nitrogens with zero attached hydrogens (tertiary/aromatic N) is 1. The smallest absolute Gasteiger partial charge is 0.261 e. The van der Waals surface area contributed by atoms with Gasteiger partial charge in [0, 0.05) is 29.7 Å². The van der Waals surface area contributed by atoms with Gasteiger partial charge in [-0.05, 0) is 48.5 Å². The van der Waals surface area contributed by atoms with Gasteiger partial charge in [0.1, 0.15) is 5.75 Å². The minimum absolute atomic E-state index is 0.0761. The number of pyridine rings is 1. The first kappa shape index (κ1) is 18.4. The molecule has 0 atom stereocenters. The van der Waals surface area contributed by atoms with Gasteiger partial charge in [0.15, 0.2) is 0 Å². The van der Waals surface area contributed by atoms with E-state index < -0.39 is 10.0 Å². The number of methoxy groups -OCH3 is 1. The van der Waals surface area contributed by atoms with E-state index in [1.807, 2.05) is 0 Å². The van der Waals surface area contributed by atoms with Gasteiger partial charge in [-0.1, -0.05) is 6.07 Å². The number of hydrogen-bond donors (Lipinski definition) is 2. The van der Waals surface area contributed by atoms with E-state index in [1.54, 1.807) is 36.4 Å². The molecule has 0 radical (unpaired) electrons. The van der Waals surface area contributed by atoms with Crippen LogP contribution in [0.1, 0.15) is 10.4 Å². The Morgan fingerprint density at radius 1 is 0.963 bits per heavy atom. The minimum Gasteiger partial charge on any atom is -0.497 e. The van der Waals surface area contributed by atoms with Crippen LogP contribution >= 0.6 is 0 Å². The Morgan fingerprint density at radius 3 is 2.33 bits per heavy atom.